The van der Waals surface area contributed by atoms with Gasteiger partial charge in [-0.1, -0.05) is 42.8 Å². The average molecular weight is 496 g/mol. The van der Waals surface area contributed by atoms with Gasteiger partial charge in [-0.15, -0.1) is 0 Å². The summed E-state index contributed by atoms with van der Waals surface area (Å²) in [6.45, 7) is 4.47. The van der Waals surface area contributed by atoms with Gasteiger partial charge in [-0.3, -0.25) is 9.59 Å². The van der Waals surface area contributed by atoms with Crippen LogP contribution in [0.4, 0.5) is 0 Å². The van der Waals surface area contributed by atoms with E-state index in [0.717, 1.165) is 34.5 Å². The molecule has 0 unspecified atom stereocenters. The fourth-order valence-corrected chi connectivity index (χ4v) is 3.53. The van der Waals surface area contributed by atoms with E-state index in [0.29, 0.717) is 17.9 Å². The lowest BCUT2D eigenvalue weighted by Gasteiger charge is -2.05. The normalized spacial score (nSPS) is 10.9. The third-order valence-corrected chi connectivity index (χ3v) is 5.48. The van der Waals surface area contributed by atoms with Crippen molar-refractivity contribution in [3.8, 4) is 22.7 Å². The summed E-state index contributed by atoms with van der Waals surface area (Å²) in [5, 5.41) is 11.5. The minimum atomic E-state index is -0.439. The number of aromatic nitrogens is 2. The summed E-state index contributed by atoms with van der Waals surface area (Å²) in [4.78, 5) is 24.5. The van der Waals surface area contributed by atoms with E-state index in [-0.39, 0.29) is 12.5 Å². The number of carbonyl (C=O) groups is 2. The smallest absolute Gasteiger partial charge is 0.259 e. The molecule has 2 amide bonds. The molecule has 0 saturated carbocycles. The Morgan fingerprint density at radius 1 is 1.00 bits per heavy atom. The Balaban J connectivity index is 1.46. The van der Waals surface area contributed by atoms with E-state index in [4.69, 9.17) is 9.84 Å². The molecular weight excluding hydrogens is 466 g/mol. The summed E-state index contributed by atoms with van der Waals surface area (Å²) in [6.07, 6.45) is 4.33. The third kappa shape index (κ3) is 6.91. The zero-order chi connectivity index (χ0) is 26.0. The molecule has 3 aromatic carbocycles. The van der Waals surface area contributed by atoms with Crippen molar-refractivity contribution in [2.24, 2.45) is 5.10 Å². The van der Waals surface area contributed by atoms with Gasteiger partial charge in [-0.05, 0) is 61.9 Å². The van der Waals surface area contributed by atoms with Crippen LogP contribution in [0.3, 0.4) is 0 Å². The summed E-state index contributed by atoms with van der Waals surface area (Å²) < 4.78 is 7.45. The predicted octanol–water partition coefficient (Wildman–Crippen LogP) is 4.52. The van der Waals surface area contributed by atoms with Gasteiger partial charge in [-0.2, -0.15) is 10.2 Å². The van der Waals surface area contributed by atoms with Crippen LogP contribution in [0.2, 0.25) is 0 Å². The van der Waals surface area contributed by atoms with Gasteiger partial charge >= 0.3 is 0 Å². The lowest BCUT2D eigenvalue weighted by atomic mass is 10.1. The number of rotatable bonds is 10. The topological polar surface area (TPSA) is 97.6 Å². The third-order valence-electron chi connectivity index (χ3n) is 5.48. The highest BCUT2D eigenvalue weighted by atomic mass is 16.5. The molecule has 0 fully saturated rings. The van der Waals surface area contributed by atoms with E-state index < -0.39 is 5.91 Å². The monoisotopic (exact) mass is 495 g/mol. The molecule has 0 saturated heterocycles. The summed E-state index contributed by atoms with van der Waals surface area (Å²) in [6, 6.07) is 24.6. The van der Waals surface area contributed by atoms with Crippen molar-refractivity contribution in [1.29, 1.82) is 0 Å². The molecule has 1 heterocycles. The number of carbonyl (C=O) groups excluding carboxylic acids is 2. The highest BCUT2D eigenvalue weighted by Gasteiger charge is 2.12. The predicted molar refractivity (Wildman–Crippen MR) is 144 cm³/mol. The second-order valence-corrected chi connectivity index (χ2v) is 8.43. The number of hydrogen-bond acceptors (Lipinski definition) is 5. The summed E-state index contributed by atoms with van der Waals surface area (Å²) in [5.74, 6) is 0.0336. The average Bonchev–Trinajstić information content (AvgIpc) is 3.36. The minimum Gasteiger partial charge on any atom is -0.494 e. The van der Waals surface area contributed by atoms with E-state index in [1.807, 2.05) is 79.9 Å². The van der Waals surface area contributed by atoms with E-state index in [2.05, 4.69) is 22.8 Å². The van der Waals surface area contributed by atoms with Gasteiger partial charge < -0.3 is 10.1 Å². The number of nitrogens with one attached hydrogen (secondary N) is 2. The Morgan fingerprint density at radius 3 is 2.43 bits per heavy atom. The lowest BCUT2D eigenvalue weighted by Crippen LogP contribution is -2.34. The van der Waals surface area contributed by atoms with Crippen LogP contribution in [0.25, 0.3) is 16.9 Å². The quantitative estimate of drug-likeness (QED) is 0.250. The van der Waals surface area contributed by atoms with Crippen LogP contribution >= 0.6 is 0 Å². The van der Waals surface area contributed by atoms with Gasteiger partial charge in [0.2, 0.25) is 0 Å². The van der Waals surface area contributed by atoms with Crippen LogP contribution in [0.1, 0.15) is 34.8 Å². The standard InChI is InChI=1S/C29H29N5O3/c1-3-17-37-26-15-13-22(14-16-26)28-24(20-34(33-28)25-7-5-4-6-8-25)18-31-32-27(35)19-30-29(36)23-11-9-21(2)10-12-23/h4-16,18,20H,3,17,19H2,1-2H3,(H,30,36)(H,32,35)/b31-18+. The lowest BCUT2D eigenvalue weighted by molar-refractivity contribution is -0.120. The molecule has 1 aromatic heterocycles. The molecular formula is C29H29N5O3. The maximum atomic E-state index is 12.3. The highest BCUT2D eigenvalue weighted by Crippen LogP contribution is 2.25. The second-order valence-electron chi connectivity index (χ2n) is 8.43. The molecule has 4 aromatic rings. The van der Waals surface area contributed by atoms with Crippen LogP contribution in [0, 0.1) is 6.92 Å². The first kappa shape index (κ1) is 25.4. The Kier molecular flexibility index (Phi) is 8.44. The zero-order valence-electron chi connectivity index (χ0n) is 20.8. The molecule has 37 heavy (non-hydrogen) atoms. The number of nitrogens with zero attached hydrogens (tertiary/aromatic N) is 3. The van der Waals surface area contributed by atoms with Crippen molar-refractivity contribution in [3.63, 3.8) is 0 Å². The van der Waals surface area contributed by atoms with Gasteiger partial charge in [-0.25, -0.2) is 10.1 Å². The summed E-state index contributed by atoms with van der Waals surface area (Å²) >= 11 is 0. The molecule has 0 bridgehead atoms. The molecule has 0 atom stereocenters. The molecule has 2 N–H and O–H groups in total. The van der Waals surface area contributed by atoms with Crippen molar-refractivity contribution in [1.82, 2.24) is 20.5 Å². The van der Waals surface area contributed by atoms with Crippen molar-refractivity contribution >= 4 is 18.0 Å². The second kappa shape index (κ2) is 12.3. The molecule has 4 rings (SSSR count). The number of benzene rings is 3. The molecule has 0 aliphatic rings. The fourth-order valence-electron chi connectivity index (χ4n) is 3.53. The number of hydrogen-bond donors (Lipinski definition) is 2. The number of amides is 2. The number of para-hydroxylation sites is 1. The molecule has 0 spiro atoms. The first-order valence-electron chi connectivity index (χ1n) is 12.1. The molecule has 8 nitrogen and oxygen atoms in total. The van der Waals surface area contributed by atoms with Gasteiger partial charge in [0.1, 0.15) is 11.4 Å². The number of hydrazone groups is 1. The SMILES string of the molecule is CCCOc1ccc(-c2nn(-c3ccccc3)cc2/C=N/NC(=O)CNC(=O)c2ccc(C)cc2)cc1. The van der Waals surface area contributed by atoms with Gasteiger partial charge in [0.15, 0.2) is 0 Å². The van der Waals surface area contributed by atoms with E-state index in [1.54, 1.807) is 23.0 Å². The van der Waals surface area contributed by atoms with Gasteiger partial charge in [0, 0.05) is 22.9 Å². The Hall–Kier alpha value is -4.72. The fraction of sp³-hybridized carbons (Fsp3) is 0.172. The van der Waals surface area contributed by atoms with Crippen molar-refractivity contribution in [2.75, 3.05) is 13.2 Å². The van der Waals surface area contributed by atoms with E-state index in [9.17, 15) is 9.59 Å². The zero-order valence-corrected chi connectivity index (χ0v) is 20.8. The van der Waals surface area contributed by atoms with Crippen LogP contribution in [0.15, 0.2) is 90.2 Å². The first-order chi connectivity index (χ1) is 18.0. The molecule has 0 radical (unpaired) electrons. The first-order valence-corrected chi connectivity index (χ1v) is 12.1. The highest BCUT2D eigenvalue weighted by molar-refractivity contribution is 5.96. The van der Waals surface area contributed by atoms with Crippen molar-refractivity contribution in [2.45, 2.75) is 20.3 Å². The van der Waals surface area contributed by atoms with E-state index in [1.165, 1.54) is 0 Å². The van der Waals surface area contributed by atoms with Crippen molar-refractivity contribution < 1.29 is 14.3 Å². The summed E-state index contributed by atoms with van der Waals surface area (Å²) in [7, 11) is 0. The molecule has 188 valence electrons. The Bertz CT molecular complexity index is 1360. The van der Waals surface area contributed by atoms with Crippen LogP contribution < -0.4 is 15.5 Å². The van der Waals surface area contributed by atoms with Crippen LogP contribution in [-0.2, 0) is 4.79 Å². The summed E-state index contributed by atoms with van der Waals surface area (Å²) in [5.41, 5.74) is 7.22. The number of ether oxygens (including phenoxy) is 1. The number of aryl methyl sites for hydroxylation is 1. The van der Waals surface area contributed by atoms with Gasteiger partial charge in [0.25, 0.3) is 11.8 Å². The Labute approximate surface area is 216 Å². The molecule has 0 aliphatic heterocycles. The van der Waals surface area contributed by atoms with E-state index >= 15 is 0 Å². The van der Waals surface area contributed by atoms with Crippen molar-refractivity contribution in [3.05, 3.63) is 102 Å². The minimum absolute atomic E-state index is 0.195. The Morgan fingerprint density at radius 2 is 1.73 bits per heavy atom. The molecule has 0 aliphatic carbocycles. The molecule has 8 heteroatoms. The van der Waals surface area contributed by atoms with Crippen LogP contribution in [0.5, 0.6) is 5.75 Å². The maximum absolute atomic E-state index is 12.3. The maximum Gasteiger partial charge on any atom is 0.259 e. The van der Waals surface area contributed by atoms with Gasteiger partial charge in [0.05, 0.1) is 25.1 Å². The largest absolute Gasteiger partial charge is 0.494 e. The van der Waals surface area contributed by atoms with Crippen LogP contribution in [-0.4, -0.2) is 41.0 Å².